The number of rotatable bonds is 2. The third kappa shape index (κ3) is 1.97. The van der Waals surface area contributed by atoms with Gasteiger partial charge in [0.05, 0.1) is 5.92 Å². The number of carboxylic acids is 1. The Balaban J connectivity index is 2.40. The summed E-state index contributed by atoms with van der Waals surface area (Å²) in [6.07, 6.45) is 2.80. The molecule has 1 aromatic carbocycles. The maximum atomic E-state index is 11.1. The van der Waals surface area contributed by atoms with Gasteiger partial charge in [-0.2, -0.15) is 0 Å². The van der Waals surface area contributed by atoms with Crippen molar-refractivity contribution >= 4 is 5.97 Å². The Labute approximate surface area is 96.3 Å². The molecule has 0 fully saturated rings. The van der Waals surface area contributed by atoms with Crippen molar-refractivity contribution in [2.45, 2.75) is 44.9 Å². The van der Waals surface area contributed by atoms with Crippen molar-refractivity contribution in [3.63, 3.8) is 0 Å². The van der Waals surface area contributed by atoms with Crippen LogP contribution in [-0.2, 0) is 11.2 Å². The number of aryl methyl sites for hydroxylation is 1. The van der Waals surface area contributed by atoms with Crippen LogP contribution in [-0.4, -0.2) is 11.1 Å². The predicted molar refractivity (Wildman–Crippen MR) is 63.8 cm³/mol. The van der Waals surface area contributed by atoms with E-state index in [0.717, 1.165) is 24.8 Å². The molecule has 1 aliphatic carbocycles. The molecule has 86 valence electrons. The number of benzene rings is 1. The highest BCUT2D eigenvalue weighted by Crippen LogP contribution is 2.33. The monoisotopic (exact) mass is 218 g/mol. The summed E-state index contributed by atoms with van der Waals surface area (Å²) >= 11 is 0. The fourth-order valence-corrected chi connectivity index (χ4v) is 2.45. The molecule has 0 aromatic heterocycles. The number of hydrogen-bond donors (Lipinski definition) is 1. The minimum Gasteiger partial charge on any atom is -0.481 e. The maximum Gasteiger partial charge on any atom is 0.310 e. The van der Waals surface area contributed by atoms with Crippen LogP contribution in [0.3, 0.4) is 0 Å². The second-order valence-electron chi connectivity index (χ2n) is 4.90. The molecule has 0 radical (unpaired) electrons. The van der Waals surface area contributed by atoms with E-state index in [9.17, 15) is 4.79 Å². The van der Waals surface area contributed by atoms with Crippen LogP contribution in [0, 0.1) is 0 Å². The average molecular weight is 218 g/mol. The Morgan fingerprint density at radius 3 is 2.81 bits per heavy atom. The van der Waals surface area contributed by atoms with Gasteiger partial charge in [-0.25, -0.2) is 0 Å². The smallest absolute Gasteiger partial charge is 0.310 e. The van der Waals surface area contributed by atoms with Crippen LogP contribution in [0.4, 0.5) is 0 Å². The molecule has 1 N–H and O–H groups in total. The summed E-state index contributed by atoms with van der Waals surface area (Å²) in [4.78, 5) is 11.1. The summed E-state index contributed by atoms with van der Waals surface area (Å²) in [6.45, 7) is 4.33. The molecule has 0 saturated heterocycles. The Bertz CT molecular complexity index is 407. The van der Waals surface area contributed by atoms with Crippen molar-refractivity contribution in [2.75, 3.05) is 0 Å². The van der Waals surface area contributed by atoms with E-state index < -0.39 is 5.97 Å². The number of fused-ring (bicyclic) bond motifs is 1. The highest BCUT2D eigenvalue weighted by atomic mass is 16.4. The average Bonchev–Trinajstić information content (AvgIpc) is 2.27. The molecule has 1 aliphatic rings. The van der Waals surface area contributed by atoms with Gasteiger partial charge in [-0.1, -0.05) is 32.0 Å². The summed E-state index contributed by atoms with van der Waals surface area (Å²) in [5.74, 6) is -0.460. The molecule has 0 saturated carbocycles. The standard InChI is InChI=1S/C14H18O2/c1-9(2)10-6-7-12-11(8-10)4-3-5-13(12)14(15)16/h6-9,13H,3-5H2,1-2H3,(H,15,16). The lowest BCUT2D eigenvalue weighted by Gasteiger charge is -2.23. The molecular weight excluding hydrogens is 200 g/mol. The summed E-state index contributed by atoms with van der Waals surface area (Å²) in [5.41, 5.74) is 3.58. The van der Waals surface area contributed by atoms with E-state index in [1.165, 1.54) is 11.1 Å². The summed E-state index contributed by atoms with van der Waals surface area (Å²) in [7, 11) is 0. The zero-order chi connectivity index (χ0) is 11.7. The van der Waals surface area contributed by atoms with Gasteiger partial charge < -0.3 is 5.11 Å². The first-order valence-electron chi connectivity index (χ1n) is 5.95. The molecule has 1 aromatic rings. The highest BCUT2D eigenvalue weighted by Gasteiger charge is 2.26. The number of aliphatic carboxylic acids is 1. The van der Waals surface area contributed by atoms with Crippen molar-refractivity contribution in [1.82, 2.24) is 0 Å². The molecule has 2 heteroatoms. The predicted octanol–water partition coefficient (Wildman–Crippen LogP) is 3.31. The lowest BCUT2D eigenvalue weighted by molar-refractivity contribution is -0.139. The maximum absolute atomic E-state index is 11.1. The van der Waals surface area contributed by atoms with Gasteiger partial charge in [0.25, 0.3) is 0 Å². The highest BCUT2D eigenvalue weighted by molar-refractivity contribution is 5.77. The summed E-state index contributed by atoms with van der Waals surface area (Å²) < 4.78 is 0. The van der Waals surface area contributed by atoms with Crippen LogP contribution < -0.4 is 0 Å². The quantitative estimate of drug-likeness (QED) is 0.826. The van der Waals surface area contributed by atoms with Crippen molar-refractivity contribution in [1.29, 1.82) is 0 Å². The van der Waals surface area contributed by atoms with E-state index in [4.69, 9.17) is 5.11 Å². The van der Waals surface area contributed by atoms with Crippen molar-refractivity contribution in [3.05, 3.63) is 34.9 Å². The van der Waals surface area contributed by atoms with E-state index >= 15 is 0 Å². The van der Waals surface area contributed by atoms with Gasteiger partial charge in [-0.05, 0) is 41.9 Å². The van der Waals surface area contributed by atoms with Gasteiger partial charge in [0, 0.05) is 0 Å². The van der Waals surface area contributed by atoms with Gasteiger partial charge in [-0.15, -0.1) is 0 Å². The van der Waals surface area contributed by atoms with Gasteiger partial charge in [0.15, 0.2) is 0 Å². The minimum absolute atomic E-state index is 0.287. The molecule has 0 heterocycles. The molecule has 1 unspecified atom stereocenters. The molecule has 2 nitrogen and oxygen atoms in total. The third-order valence-corrected chi connectivity index (χ3v) is 3.45. The first-order valence-corrected chi connectivity index (χ1v) is 5.95. The van der Waals surface area contributed by atoms with Crippen LogP contribution in [0.1, 0.15) is 55.2 Å². The molecule has 0 spiro atoms. The number of carboxylic acid groups (broad SMARTS) is 1. The molecule has 2 rings (SSSR count). The van der Waals surface area contributed by atoms with E-state index in [1.54, 1.807) is 0 Å². The lowest BCUT2D eigenvalue weighted by atomic mass is 9.81. The minimum atomic E-state index is -0.682. The summed E-state index contributed by atoms with van der Waals surface area (Å²) in [6, 6.07) is 6.28. The Hall–Kier alpha value is -1.31. The third-order valence-electron chi connectivity index (χ3n) is 3.45. The summed E-state index contributed by atoms with van der Waals surface area (Å²) in [5, 5.41) is 9.16. The van der Waals surface area contributed by atoms with E-state index in [2.05, 4.69) is 26.0 Å². The first kappa shape index (κ1) is 11.2. The van der Waals surface area contributed by atoms with Gasteiger partial charge in [0.2, 0.25) is 0 Å². The van der Waals surface area contributed by atoms with Crippen molar-refractivity contribution < 1.29 is 9.90 Å². The van der Waals surface area contributed by atoms with Crippen LogP contribution in [0.2, 0.25) is 0 Å². The lowest BCUT2D eigenvalue weighted by Crippen LogP contribution is -2.18. The van der Waals surface area contributed by atoms with Gasteiger partial charge in [-0.3, -0.25) is 4.79 Å². The van der Waals surface area contributed by atoms with Gasteiger partial charge in [0.1, 0.15) is 0 Å². The molecule has 1 atom stereocenters. The molecular formula is C14H18O2. The van der Waals surface area contributed by atoms with Crippen molar-refractivity contribution in [3.8, 4) is 0 Å². The Kier molecular flexibility index (Phi) is 2.99. The molecule has 0 bridgehead atoms. The van der Waals surface area contributed by atoms with E-state index in [1.807, 2.05) is 6.07 Å². The fraction of sp³-hybridized carbons (Fsp3) is 0.500. The van der Waals surface area contributed by atoms with Crippen molar-refractivity contribution in [2.24, 2.45) is 0 Å². The zero-order valence-corrected chi connectivity index (χ0v) is 9.86. The van der Waals surface area contributed by atoms with Crippen LogP contribution in [0.5, 0.6) is 0 Å². The van der Waals surface area contributed by atoms with Gasteiger partial charge >= 0.3 is 5.97 Å². The molecule has 0 aliphatic heterocycles. The van der Waals surface area contributed by atoms with Crippen LogP contribution in [0.15, 0.2) is 18.2 Å². The van der Waals surface area contributed by atoms with Crippen LogP contribution in [0.25, 0.3) is 0 Å². The Morgan fingerprint density at radius 2 is 2.19 bits per heavy atom. The molecule has 16 heavy (non-hydrogen) atoms. The topological polar surface area (TPSA) is 37.3 Å². The first-order chi connectivity index (χ1) is 7.59. The van der Waals surface area contributed by atoms with E-state index in [0.29, 0.717) is 5.92 Å². The van der Waals surface area contributed by atoms with E-state index in [-0.39, 0.29) is 5.92 Å². The van der Waals surface area contributed by atoms with Crippen LogP contribution >= 0.6 is 0 Å². The SMILES string of the molecule is CC(C)c1ccc2c(c1)CCCC2C(=O)O. The molecule has 0 amide bonds. The number of carbonyl (C=O) groups is 1. The second kappa shape index (κ2) is 4.28. The Morgan fingerprint density at radius 1 is 1.44 bits per heavy atom. The fourth-order valence-electron chi connectivity index (χ4n) is 2.45. The second-order valence-corrected chi connectivity index (χ2v) is 4.90. The normalized spacial score (nSPS) is 19.6. The zero-order valence-electron chi connectivity index (χ0n) is 9.86. The largest absolute Gasteiger partial charge is 0.481 e. The number of hydrogen-bond acceptors (Lipinski definition) is 1.